The third-order valence-corrected chi connectivity index (χ3v) is 4.28. The van der Waals surface area contributed by atoms with E-state index < -0.39 is 0 Å². The Labute approximate surface area is 160 Å². The Bertz CT molecular complexity index is 931. The van der Waals surface area contributed by atoms with Crippen molar-refractivity contribution in [3.05, 3.63) is 66.2 Å². The molecule has 0 bridgehead atoms. The molecule has 27 heavy (non-hydrogen) atoms. The lowest BCUT2D eigenvalue weighted by atomic mass is 10.1. The third-order valence-electron chi connectivity index (χ3n) is 4.28. The summed E-state index contributed by atoms with van der Waals surface area (Å²) in [5.41, 5.74) is 3.20. The van der Waals surface area contributed by atoms with Crippen molar-refractivity contribution < 1.29 is 0 Å². The van der Waals surface area contributed by atoms with Crippen molar-refractivity contribution in [2.45, 2.75) is 19.8 Å². The molecule has 1 aromatic heterocycles. The van der Waals surface area contributed by atoms with Crippen LogP contribution >= 0.6 is 0 Å². The Morgan fingerprint density at radius 1 is 1.04 bits per heavy atom. The van der Waals surface area contributed by atoms with Gasteiger partial charge in [-0.3, -0.25) is 0 Å². The average Bonchev–Trinajstić information content (AvgIpc) is 2.72. The number of anilines is 3. The monoisotopic (exact) mass is 357 g/mol. The molecule has 136 valence electrons. The highest BCUT2D eigenvalue weighted by molar-refractivity contribution is 5.70. The maximum absolute atomic E-state index is 9.34. The minimum absolute atomic E-state index is 0.582. The molecular formula is C22H23N5. The molecule has 0 saturated carbocycles. The quantitative estimate of drug-likeness (QED) is 0.645. The molecule has 0 fully saturated rings. The third kappa shape index (κ3) is 4.62. The van der Waals surface area contributed by atoms with Crippen LogP contribution in [-0.4, -0.2) is 23.6 Å². The van der Waals surface area contributed by atoms with Gasteiger partial charge in [0.05, 0.1) is 16.9 Å². The summed E-state index contributed by atoms with van der Waals surface area (Å²) in [5, 5.41) is 12.6. The van der Waals surface area contributed by atoms with Gasteiger partial charge < -0.3 is 10.2 Å². The zero-order valence-electron chi connectivity index (χ0n) is 15.7. The second kappa shape index (κ2) is 8.81. The van der Waals surface area contributed by atoms with Crippen LogP contribution in [0.25, 0.3) is 11.3 Å². The highest BCUT2D eigenvalue weighted by atomic mass is 15.2. The number of nitrogens with one attached hydrogen (secondary N) is 1. The van der Waals surface area contributed by atoms with Crippen molar-refractivity contribution in [1.29, 1.82) is 5.26 Å². The minimum atomic E-state index is 0.582. The van der Waals surface area contributed by atoms with Crippen molar-refractivity contribution in [3.63, 3.8) is 0 Å². The number of aromatic nitrogens is 2. The number of benzene rings is 2. The molecule has 3 rings (SSSR count). The van der Waals surface area contributed by atoms with E-state index in [1.807, 2.05) is 61.6 Å². The Morgan fingerprint density at radius 3 is 2.52 bits per heavy atom. The van der Waals surface area contributed by atoms with Gasteiger partial charge in [0.25, 0.3) is 0 Å². The molecule has 0 spiro atoms. The van der Waals surface area contributed by atoms with Crippen LogP contribution in [0.4, 0.5) is 17.5 Å². The lowest BCUT2D eigenvalue weighted by molar-refractivity contribution is 0.751. The van der Waals surface area contributed by atoms with Crippen molar-refractivity contribution in [2.75, 3.05) is 23.8 Å². The zero-order chi connectivity index (χ0) is 19.1. The van der Waals surface area contributed by atoms with E-state index in [-0.39, 0.29) is 0 Å². The fourth-order valence-corrected chi connectivity index (χ4v) is 2.75. The van der Waals surface area contributed by atoms with Crippen molar-refractivity contribution in [1.82, 2.24) is 9.97 Å². The predicted molar refractivity (Wildman–Crippen MR) is 110 cm³/mol. The lowest BCUT2D eigenvalue weighted by Crippen LogP contribution is -2.21. The van der Waals surface area contributed by atoms with E-state index in [9.17, 15) is 5.26 Å². The Kier molecular flexibility index (Phi) is 6.01. The minimum Gasteiger partial charge on any atom is -0.344 e. The fraction of sp³-hybridized carbons (Fsp3) is 0.227. The van der Waals surface area contributed by atoms with Crippen molar-refractivity contribution >= 4 is 17.5 Å². The van der Waals surface area contributed by atoms with Gasteiger partial charge in [0.15, 0.2) is 0 Å². The SMILES string of the molecule is CCCCN(C)c1nc(Nc2ccccc2C#N)cc(-c2ccccc2)n1. The number of nitrogens with zero attached hydrogens (tertiary/aromatic N) is 4. The molecule has 3 aromatic rings. The van der Waals surface area contributed by atoms with Crippen LogP contribution in [0, 0.1) is 11.3 Å². The summed E-state index contributed by atoms with van der Waals surface area (Å²) in [4.78, 5) is 11.5. The number of rotatable bonds is 7. The van der Waals surface area contributed by atoms with Crippen LogP contribution in [0.1, 0.15) is 25.3 Å². The highest BCUT2D eigenvalue weighted by Gasteiger charge is 2.11. The summed E-state index contributed by atoms with van der Waals surface area (Å²) in [6.07, 6.45) is 2.19. The first-order valence-electron chi connectivity index (χ1n) is 9.13. The number of para-hydroxylation sites is 1. The van der Waals surface area contributed by atoms with Crippen LogP contribution in [-0.2, 0) is 0 Å². The number of hydrogen-bond acceptors (Lipinski definition) is 5. The molecule has 0 aliphatic heterocycles. The van der Waals surface area contributed by atoms with E-state index in [2.05, 4.69) is 28.2 Å². The van der Waals surface area contributed by atoms with Crippen molar-refractivity contribution in [2.24, 2.45) is 0 Å². The van der Waals surface area contributed by atoms with Gasteiger partial charge in [-0.1, -0.05) is 55.8 Å². The highest BCUT2D eigenvalue weighted by Crippen LogP contribution is 2.26. The first-order chi connectivity index (χ1) is 13.2. The van der Waals surface area contributed by atoms with Crippen LogP contribution in [0.15, 0.2) is 60.7 Å². The Hall–Kier alpha value is -3.39. The molecule has 1 heterocycles. The molecular weight excluding hydrogens is 334 g/mol. The second-order valence-corrected chi connectivity index (χ2v) is 6.36. The summed E-state index contributed by atoms with van der Waals surface area (Å²) < 4.78 is 0. The maximum atomic E-state index is 9.34. The molecule has 0 aliphatic rings. The molecule has 0 unspecified atom stereocenters. The average molecular weight is 357 g/mol. The van der Waals surface area contributed by atoms with E-state index in [1.165, 1.54) is 0 Å². The number of hydrogen-bond donors (Lipinski definition) is 1. The first kappa shape index (κ1) is 18.4. The summed E-state index contributed by atoms with van der Waals surface area (Å²) in [6.45, 7) is 3.06. The standard InChI is InChI=1S/C22H23N5/c1-3-4-14-27(2)22-25-20(17-10-6-5-7-11-17)15-21(26-22)24-19-13-9-8-12-18(19)16-23/h5-13,15H,3-4,14H2,1-2H3,(H,24,25,26). The molecule has 1 N–H and O–H groups in total. The lowest BCUT2D eigenvalue weighted by Gasteiger charge is -2.19. The molecule has 5 nitrogen and oxygen atoms in total. The smallest absolute Gasteiger partial charge is 0.227 e. The first-order valence-corrected chi connectivity index (χ1v) is 9.13. The molecule has 0 aliphatic carbocycles. The van der Waals surface area contributed by atoms with Crippen LogP contribution < -0.4 is 10.2 Å². The van der Waals surface area contributed by atoms with Gasteiger partial charge >= 0.3 is 0 Å². The zero-order valence-corrected chi connectivity index (χ0v) is 15.7. The Balaban J connectivity index is 2.00. The molecule has 0 saturated heterocycles. The van der Waals surface area contributed by atoms with Gasteiger partial charge in [-0.15, -0.1) is 0 Å². The molecule has 0 atom stereocenters. The van der Waals surface area contributed by atoms with E-state index in [4.69, 9.17) is 4.98 Å². The fourth-order valence-electron chi connectivity index (χ4n) is 2.75. The van der Waals surface area contributed by atoms with Gasteiger partial charge in [-0.25, -0.2) is 4.98 Å². The molecule has 2 aromatic carbocycles. The topological polar surface area (TPSA) is 64.8 Å². The summed E-state index contributed by atoms with van der Waals surface area (Å²) >= 11 is 0. The van der Waals surface area contributed by atoms with Crippen LogP contribution in [0.3, 0.4) is 0 Å². The maximum Gasteiger partial charge on any atom is 0.227 e. The molecule has 0 amide bonds. The van der Waals surface area contributed by atoms with Gasteiger partial charge in [-0.05, 0) is 18.6 Å². The van der Waals surface area contributed by atoms with Gasteiger partial charge in [-0.2, -0.15) is 10.2 Å². The molecule has 0 radical (unpaired) electrons. The van der Waals surface area contributed by atoms with E-state index in [0.29, 0.717) is 17.3 Å². The van der Waals surface area contributed by atoms with Gasteiger partial charge in [0.1, 0.15) is 11.9 Å². The number of nitriles is 1. The van der Waals surface area contributed by atoms with Crippen LogP contribution in [0.2, 0.25) is 0 Å². The van der Waals surface area contributed by atoms with Crippen LogP contribution in [0.5, 0.6) is 0 Å². The van der Waals surface area contributed by atoms with E-state index >= 15 is 0 Å². The van der Waals surface area contributed by atoms with E-state index in [0.717, 1.165) is 36.3 Å². The number of unbranched alkanes of at least 4 members (excludes halogenated alkanes) is 1. The Morgan fingerprint density at radius 2 is 1.78 bits per heavy atom. The van der Waals surface area contributed by atoms with Gasteiger partial charge in [0, 0.05) is 25.2 Å². The summed E-state index contributed by atoms with van der Waals surface area (Å²) in [5.74, 6) is 1.34. The predicted octanol–water partition coefficient (Wildman–Crippen LogP) is 5.00. The van der Waals surface area contributed by atoms with E-state index in [1.54, 1.807) is 6.07 Å². The summed E-state index contributed by atoms with van der Waals surface area (Å²) in [6, 6.07) is 21.6. The van der Waals surface area contributed by atoms with Gasteiger partial charge in [0.2, 0.25) is 5.95 Å². The largest absolute Gasteiger partial charge is 0.344 e. The molecule has 5 heteroatoms. The van der Waals surface area contributed by atoms with Crippen molar-refractivity contribution in [3.8, 4) is 17.3 Å². The second-order valence-electron chi connectivity index (χ2n) is 6.36. The summed E-state index contributed by atoms with van der Waals surface area (Å²) in [7, 11) is 2.01. The normalized spacial score (nSPS) is 10.3.